The first-order valence-corrected chi connectivity index (χ1v) is 11.9. The third-order valence-corrected chi connectivity index (χ3v) is 7.40. The molecule has 5 rings (SSSR count). The van der Waals surface area contributed by atoms with Gasteiger partial charge in [0.2, 0.25) is 5.91 Å². The molecule has 0 fully saturated rings. The maximum atomic E-state index is 12.8. The summed E-state index contributed by atoms with van der Waals surface area (Å²) in [6.07, 6.45) is 1.69. The molecule has 0 spiro atoms. The number of aryl methyl sites for hydroxylation is 3. The molecule has 0 aliphatic carbocycles. The summed E-state index contributed by atoms with van der Waals surface area (Å²) < 4.78 is 1.50. The molecule has 3 heterocycles. The average molecular weight is 461 g/mol. The molecule has 32 heavy (non-hydrogen) atoms. The summed E-state index contributed by atoms with van der Waals surface area (Å²) in [5.41, 5.74) is 2.70. The predicted octanol–water partition coefficient (Wildman–Crippen LogP) is 5.38. The van der Waals surface area contributed by atoms with Gasteiger partial charge in [-0.3, -0.25) is 14.2 Å². The van der Waals surface area contributed by atoms with Crippen LogP contribution >= 0.6 is 22.7 Å². The van der Waals surface area contributed by atoms with Gasteiger partial charge in [0, 0.05) is 28.8 Å². The Morgan fingerprint density at radius 2 is 1.94 bits per heavy atom. The Hall–Kier alpha value is -3.36. The number of nitrogens with zero attached hydrogens (tertiary/aromatic N) is 3. The van der Waals surface area contributed by atoms with Crippen molar-refractivity contribution in [1.29, 1.82) is 0 Å². The van der Waals surface area contributed by atoms with Crippen LogP contribution in [0.1, 0.15) is 16.9 Å². The molecule has 0 unspecified atom stereocenters. The third-order valence-electron chi connectivity index (χ3n) is 5.53. The molecule has 5 aromatic rings. The van der Waals surface area contributed by atoms with Crippen molar-refractivity contribution in [2.24, 2.45) is 0 Å². The van der Waals surface area contributed by atoms with Crippen LogP contribution in [0.2, 0.25) is 0 Å². The van der Waals surface area contributed by atoms with Crippen LogP contribution in [-0.2, 0) is 11.3 Å². The van der Waals surface area contributed by atoms with E-state index in [1.165, 1.54) is 39.0 Å². The Morgan fingerprint density at radius 1 is 1.12 bits per heavy atom. The van der Waals surface area contributed by atoms with Crippen LogP contribution in [0.5, 0.6) is 0 Å². The summed E-state index contributed by atoms with van der Waals surface area (Å²) in [6, 6.07) is 14.4. The van der Waals surface area contributed by atoms with E-state index in [9.17, 15) is 9.59 Å². The largest absolute Gasteiger partial charge is 0.302 e. The first-order valence-electron chi connectivity index (χ1n) is 10.2. The zero-order valence-corrected chi connectivity index (χ0v) is 19.2. The Balaban J connectivity index is 1.27. The van der Waals surface area contributed by atoms with Crippen LogP contribution in [0.15, 0.2) is 59.0 Å². The molecule has 6 nitrogen and oxygen atoms in total. The number of fused-ring (bicyclic) bond motifs is 2. The standard InChI is InChI=1S/C24H20N4O2S2/c1-14-15(2)32-22-21(14)23(30)28(13-25-22)10-9-20(29)27-24-26-19(12-31-24)18-8-7-16-5-3-4-6-17(16)11-18/h3-8,11-13H,9-10H2,1-2H3,(H,26,27,29). The molecule has 3 aromatic heterocycles. The minimum atomic E-state index is -0.186. The molecule has 1 amide bonds. The van der Waals surface area contributed by atoms with E-state index < -0.39 is 0 Å². The monoisotopic (exact) mass is 460 g/mol. The van der Waals surface area contributed by atoms with E-state index in [0.717, 1.165) is 31.9 Å². The number of carbonyl (C=O) groups excluding carboxylic acids is 1. The van der Waals surface area contributed by atoms with E-state index in [2.05, 4.69) is 39.6 Å². The van der Waals surface area contributed by atoms with Crippen molar-refractivity contribution in [2.75, 3.05) is 5.32 Å². The molecular weight excluding hydrogens is 440 g/mol. The van der Waals surface area contributed by atoms with Crippen molar-refractivity contribution >= 4 is 54.7 Å². The van der Waals surface area contributed by atoms with Gasteiger partial charge in [0.05, 0.1) is 17.4 Å². The topological polar surface area (TPSA) is 76.9 Å². The van der Waals surface area contributed by atoms with Gasteiger partial charge in [-0.25, -0.2) is 9.97 Å². The molecule has 2 aromatic carbocycles. The zero-order valence-electron chi connectivity index (χ0n) is 17.6. The van der Waals surface area contributed by atoms with E-state index in [1.807, 2.05) is 37.4 Å². The third kappa shape index (κ3) is 3.83. The number of nitrogens with one attached hydrogen (secondary N) is 1. The molecule has 0 aliphatic rings. The van der Waals surface area contributed by atoms with Gasteiger partial charge in [-0.15, -0.1) is 22.7 Å². The number of aromatic nitrogens is 3. The second-order valence-electron chi connectivity index (χ2n) is 7.60. The molecule has 160 valence electrons. The van der Waals surface area contributed by atoms with Gasteiger partial charge in [0.15, 0.2) is 5.13 Å². The van der Waals surface area contributed by atoms with E-state index in [4.69, 9.17) is 0 Å². The van der Waals surface area contributed by atoms with Crippen molar-refractivity contribution in [3.63, 3.8) is 0 Å². The van der Waals surface area contributed by atoms with Crippen LogP contribution in [-0.4, -0.2) is 20.4 Å². The van der Waals surface area contributed by atoms with Crippen molar-refractivity contribution in [3.05, 3.63) is 75.0 Å². The van der Waals surface area contributed by atoms with Crippen molar-refractivity contribution < 1.29 is 4.79 Å². The molecule has 0 atom stereocenters. The first-order chi connectivity index (χ1) is 15.5. The maximum Gasteiger partial charge on any atom is 0.262 e. The van der Waals surface area contributed by atoms with E-state index in [-0.39, 0.29) is 24.4 Å². The molecular formula is C24H20N4O2S2. The predicted molar refractivity (Wildman–Crippen MR) is 132 cm³/mol. The molecule has 0 aliphatic heterocycles. The number of carbonyl (C=O) groups is 1. The van der Waals surface area contributed by atoms with Crippen LogP contribution in [0.4, 0.5) is 5.13 Å². The quantitative estimate of drug-likeness (QED) is 0.382. The lowest BCUT2D eigenvalue weighted by Crippen LogP contribution is -2.23. The second-order valence-corrected chi connectivity index (χ2v) is 9.67. The van der Waals surface area contributed by atoms with Gasteiger partial charge in [-0.1, -0.05) is 36.4 Å². The number of thiazole rings is 1. The number of anilines is 1. The summed E-state index contributed by atoms with van der Waals surface area (Å²) >= 11 is 2.91. The number of benzene rings is 2. The number of thiophene rings is 1. The van der Waals surface area contributed by atoms with Crippen LogP contribution in [0.3, 0.4) is 0 Å². The van der Waals surface area contributed by atoms with Crippen LogP contribution in [0, 0.1) is 13.8 Å². The van der Waals surface area contributed by atoms with E-state index in [1.54, 1.807) is 0 Å². The Morgan fingerprint density at radius 3 is 2.78 bits per heavy atom. The lowest BCUT2D eigenvalue weighted by Gasteiger charge is -2.05. The lowest BCUT2D eigenvalue weighted by molar-refractivity contribution is -0.116. The summed E-state index contributed by atoms with van der Waals surface area (Å²) in [5.74, 6) is -0.186. The summed E-state index contributed by atoms with van der Waals surface area (Å²) in [4.78, 5) is 36.0. The highest BCUT2D eigenvalue weighted by Crippen LogP contribution is 2.28. The highest BCUT2D eigenvalue weighted by molar-refractivity contribution is 7.18. The van der Waals surface area contributed by atoms with Gasteiger partial charge >= 0.3 is 0 Å². The fourth-order valence-corrected chi connectivity index (χ4v) is 5.37. The van der Waals surface area contributed by atoms with Gasteiger partial charge in [0.1, 0.15) is 4.83 Å². The molecule has 0 bridgehead atoms. The first kappa shape index (κ1) is 20.5. The smallest absolute Gasteiger partial charge is 0.262 e. The van der Waals surface area contributed by atoms with Gasteiger partial charge in [0.25, 0.3) is 5.56 Å². The molecule has 0 saturated carbocycles. The SMILES string of the molecule is Cc1sc2ncn(CCC(=O)Nc3nc(-c4ccc5ccccc5c4)cs3)c(=O)c2c1C. The Kier molecular flexibility index (Phi) is 5.32. The van der Waals surface area contributed by atoms with Gasteiger partial charge in [-0.2, -0.15) is 0 Å². The van der Waals surface area contributed by atoms with Gasteiger partial charge in [-0.05, 0) is 36.2 Å². The number of hydrogen-bond acceptors (Lipinski definition) is 6. The molecule has 0 radical (unpaired) electrons. The summed E-state index contributed by atoms with van der Waals surface area (Å²) in [7, 11) is 0. The number of hydrogen-bond donors (Lipinski definition) is 1. The highest BCUT2D eigenvalue weighted by Gasteiger charge is 2.13. The maximum absolute atomic E-state index is 12.8. The van der Waals surface area contributed by atoms with Crippen molar-refractivity contribution in [1.82, 2.24) is 14.5 Å². The lowest BCUT2D eigenvalue weighted by atomic mass is 10.1. The van der Waals surface area contributed by atoms with Crippen molar-refractivity contribution in [2.45, 2.75) is 26.8 Å². The van der Waals surface area contributed by atoms with Crippen LogP contribution < -0.4 is 10.9 Å². The minimum Gasteiger partial charge on any atom is -0.302 e. The summed E-state index contributed by atoms with van der Waals surface area (Å²) in [5, 5.41) is 8.30. The van der Waals surface area contributed by atoms with E-state index >= 15 is 0 Å². The zero-order chi connectivity index (χ0) is 22.2. The number of amides is 1. The van der Waals surface area contributed by atoms with Crippen molar-refractivity contribution in [3.8, 4) is 11.3 Å². The van der Waals surface area contributed by atoms with Crippen LogP contribution in [0.25, 0.3) is 32.2 Å². The Labute approximate surface area is 192 Å². The average Bonchev–Trinajstić information content (AvgIpc) is 3.37. The normalized spacial score (nSPS) is 11.3. The van der Waals surface area contributed by atoms with Gasteiger partial charge < -0.3 is 5.32 Å². The fraction of sp³-hybridized carbons (Fsp3) is 0.167. The molecule has 1 N–H and O–H groups in total. The van der Waals surface area contributed by atoms with E-state index in [0.29, 0.717) is 10.5 Å². The summed E-state index contributed by atoms with van der Waals surface area (Å²) in [6.45, 7) is 4.19. The molecule has 8 heteroatoms. The second kappa shape index (κ2) is 8.29. The highest BCUT2D eigenvalue weighted by atomic mass is 32.1. The number of rotatable bonds is 5. The molecule has 0 saturated heterocycles. The fourth-order valence-electron chi connectivity index (χ4n) is 3.65. The Bertz CT molecular complexity index is 1530. The minimum absolute atomic E-state index is 0.0995.